The number of nitrogens with two attached hydrogens (primary N) is 1. The summed E-state index contributed by atoms with van der Waals surface area (Å²) in [5.41, 5.74) is 6.33. The van der Waals surface area contributed by atoms with Crippen LogP contribution in [0.3, 0.4) is 0 Å². The highest BCUT2D eigenvalue weighted by Gasteiger charge is 2.14. The predicted octanol–water partition coefficient (Wildman–Crippen LogP) is 2.26. The zero-order valence-corrected chi connectivity index (χ0v) is 9.87. The third-order valence-electron chi connectivity index (χ3n) is 2.20. The molecular formula is C12H18FNO2. The molecule has 0 radical (unpaired) electrons. The third-order valence-corrected chi connectivity index (χ3v) is 2.20. The average Bonchev–Trinajstić information content (AvgIpc) is 2.25. The Balaban J connectivity index is 2.89. The summed E-state index contributed by atoms with van der Waals surface area (Å²) < 4.78 is 23.9. The number of benzene rings is 1. The molecule has 0 bridgehead atoms. The van der Waals surface area contributed by atoms with Gasteiger partial charge in [0.15, 0.2) is 11.6 Å². The number of rotatable bonds is 5. The van der Waals surface area contributed by atoms with E-state index < -0.39 is 5.82 Å². The molecule has 1 aromatic carbocycles. The van der Waals surface area contributed by atoms with Crippen LogP contribution in [0.1, 0.15) is 25.5 Å². The first-order valence-corrected chi connectivity index (χ1v) is 5.27. The molecule has 16 heavy (non-hydrogen) atoms. The van der Waals surface area contributed by atoms with Gasteiger partial charge in [0.1, 0.15) is 0 Å². The molecule has 0 saturated heterocycles. The Labute approximate surface area is 95.4 Å². The lowest BCUT2D eigenvalue weighted by Crippen LogP contribution is -2.19. The number of hydrogen-bond donors (Lipinski definition) is 1. The maximum absolute atomic E-state index is 13.5. The molecule has 90 valence electrons. The van der Waals surface area contributed by atoms with Crippen LogP contribution < -0.4 is 10.5 Å². The molecule has 0 heterocycles. The van der Waals surface area contributed by atoms with Crippen LogP contribution in [0.15, 0.2) is 18.2 Å². The van der Waals surface area contributed by atoms with Gasteiger partial charge in [0.2, 0.25) is 0 Å². The molecule has 3 nitrogen and oxygen atoms in total. The van der Waals surface area contributed by atoms with Crippen molar-refractivity contribution in [2.24, 2.45) is 5.73 Å². The summed E-state index contributed by atoms with van der Waals surface area (Å²) in [7, 11) is 1.43. The minimum absolute atomic E-state index is 0.0544. The molecule has 0 fully saturated rings. The molecule has 0 spiro atoms. The summed E-state index contributed by atoms with van der Waals surface area (Å²) in [6, 6.07) is 4.75. The average molecular weight is 227 g/mol. The number of hydrogen-bond acceptors (Lipinski definition) is 3. The van der Waals surface area contributed by atoms with Gasteiger partial charge in [-0.2, -0.15) is 0 Å². The van der Waals surface area contributed by atoms with Crippen LogP contribution in [0.5, 0.6) is 5.75 Å². The van der Waals surface area contributed by atoms with E-state index in [9.17, 15) is 4.39 Å². The fourth-order valence-corrected chi connectivity index (χ4v) is 1.48. The van der Waals surface area contributed by atoms with Crippen LogP contribution in [0.25, 0.3) is 0 Å². The van der Waals surface area contributed by atoms with Crippen molar-refractivity contribution in [1.82, 2.24) is 0 Å². The number of ether oxygens (including phenoxy) is 2. The Morgan fingerprint density at radius 1 is 1.38 bits per heavy atom. The van der Waals surface area contributed by atoms with Gasteiger partial charge in [-0.3, -0.25) is 0 Å². The quantitative estimate of drug-likeness (QED) is 0.839. The van der Waals surface area contributed by atoms with Crippen LogP contribution in [0.4, 0.5) is 4.39 Å². The standard InChI is InChI=1S/C12H18FNO2/c1-8(2)16-12(7-14)9-4-5-11(15-3)10(13)6-9/h4-6,8,12H,7,14H2,1-3H3/t12-/m1/s1. The monoisotopic (exact) mass is 227 g/mol. The number of halogens is 1. The lowest BCUT2D eigenvalue weighted by atomic mass is 10.1. The van der Waals surface area contributed by atoms with E-state index in [2.05, 4.69) is 0 Å². The third kappa shape index (κ3) is 3.18. The maximum atomic E-state index is 13.5. The summed E-state index contributed by atoms with van der Waals surface area (Å²) in [6.07, 6.45) is -0.223. The zero-order chi connectivity index (χ0) is 12.1. The Hall–Kier alpha value is -1.13. The van der Waals surface area contributed by atoms with E-state index in [1.165, 1.54) is 13.2 Å². The van der Waals surface area contributed by atoms with Crippen molar-refractivity contribution in [2.45, 2.75) is 26.1 Å². The summed E-state index contributed by atoms with van der Waals surface area (Å²) in [5.74, 6) is -0.171. The van der Waals surface area contributed by atoms with Gasteiger partial charge in [0, 0.05) is 6.54 Å². The van der Waals surface area contributed by atoms with E-state index in [1.54, 1.807) is 12.1 Å². The van der Waals surface area contributed by atoms with E-state index in [1.807, 2.05) is 13.8 Å². The number of methoxy groups -OCH3 is 1. The highest BCUT2D eigenvalue weighted by atomic mass is 19.1. The zero-order valence-electron chi connectivity index (χ0n) is 9.87. The summed E-state index contributed by atoms with van der Waals surface area (Å²) >= 11 is 0. The van der Waals surface area contributed by atoms with Crippen LogP contribution >= 0.6 is 0 Å². The second-order valence-electron chi connectivity index (χ2n) is 3.80. The second kappa shape index (κ2) is 5.82. The van der Waals surface area contributed by atoms with Crippen molar-refractivity contribution in [2.75, 3.05) is 13.7 Å². The molecule has 0 unspecified atom stereocenters. The molecule has 0 saturated carbocycles. The molecule has 4 heteroatoms. The van der Waals surface area contributed by atoms with Gasteiger partial charge in [0.05, 0.1) is 19.3 Å². The SMILES string of the molecule is COc1ccc([C@@H](CN)OC(C)C)cc1F. The Morgan fingerprint density at radius 2 is 2.06 bits per heavy atom. The Bertz CT molecular complexity index is 342. The summed E-state index contributed by atoms with van der Waals surface area (Å²) in [4.78, 5) is 0. The lowest BCUT2D eigenvalue weighted by Gasteiger charge is -2.19. The summed E-state index contributed by atoms with van der Waals surface area (Å²) in [6.45, 7) is 4.16. The van der Waals surface area contributed by atoms with Crippen LogP contribution in [0, 0.1) is 5.82 Å². The molecule has 2 N–H and O–H groups in total. The Kier molecular flexibility index (Phi) is 4.71. The Morgan fingerprint density at radius 3 is 2.50 bits per heavy atom. The smallest absolute Gasteiger partial charge is 0.165 e. The van der Waals surface area contributed by atoms with E-state index in [-0.39, 0.29) is 18.0 Å². The van der Waals surface area contributed by atoms with Crippen LogP contribution in [-0.4, -0.2) is 19.8 Å². The molecular weight excluding hydrogens is 209 g/mol. The van der Waals surface area contributed by atoms with Crippen LogP contribution in [-0.2, 0) is 4.74 Å². The van der Waals surface area contributed by atoms with Crippen molar-refractivity contribution in [1.29, 1.82) is 0 Å². The second-order valence-corrected chi connectivity index (χ2v) is 3.80. The van der Waals surface area contributed by atoms with Gasteiger partial charge in [0.25, 0.3) is 0 Å². The summed E-state index contributed by atoms with van der Waals surface area (Å²) in [5, 5.41) is 0. The first-order valence-electron chi connectivity index (χ1n) is 5.27. The van der Waals surface area contributed by atoms with Gasteiger partial charge in [-0.25, -0.2) is 4.39 Å². The van der Waals surface area contributed by atoms with Crippen LogP contribution in [0.2, 0.25) is 0 Å². The van der Waals surface area contributed by atoms with Gasteiger partial charge in [-0.15, -0.1) is 0 Å². The molecule has 1 rings (SSSR count). The largest absolute Gasteiger partial charge is 0.494 e. The lowest BCUT2D eigenvalue weighted by molar-refractivity contribution is 0.0118. The first-order chi connectivity index (χ1) is 7.58. The van der Waals surface area contributed by atoms with Gasteiger partial charge in [-0.1, -0.05) is 6.07 Å². The van der Waals surface area contributed by atoms with E-state index in [4.69, 9.17) is 15.2 Å². The fraction of sp³-hybridized carbons (Fsp3) is 0.500. The van der Waals surface area contributed by atoms with Crippen molar-refractivity contribution < 1.29 is 13.9 Å². The van der Waals surface area contributed by atoms with Crippen molar-refractivity contribution in [3.8, 4) is 5.75 Å². The molecule has 0 aromatic heterocycles. The van der Waals surface area contributed by atoms with Gasteiger partial charge in [-0.05, 0) is 31.5 Å². The molecule has 0 aliphatic carbocycles. The highest BCUT2D eigenvalue weighted by molar-refractivity contribution is 5.30. The van der Waals surface area contributed by atoms with Crippen molar-refractivity contribution in [3.63, 3.8) is 0 Å². The maximum Gasteiger partial charge on any atom is 0.165 e. The van der Waals surface area contributed by atoms with Crippen molar-refractivity contribution in [3.05, 3.63) is 29.6 Å². The molecule has 0 amide bonds. The van der Waals surface area contributed by atoms with E-state index in [0.717, 1.165) is 5.56 Å². The van der Waals surface area contributed by atoms with E-state index >= 15 is 0 Å². The van der Waals surface area contributed by atoms with Crippen molar-refractivity contribution >= 4 is 0 Å². The highest BCUT2D eigenvalue weighted by Crippen LogP contribution is 2.24. The minimum atomic E-state index is -0.397. The fourth-order valence-electron chi connectivity index (χ4n) is 1.48. The molecule has 0 aliphatic heterocycles. The van der Waals surface area contributed by atoms with E-state index in [0.29, 0.717) is 6.54 Å². The topological polar surface area (TPSA) is 44.5 Å². The first kappa shape index (κ1) is 12.9. The predicted molar refractivity (Wildman–Crippen MR) is 61.0 cm³/mol. The molecule has 1 aromatic rings. The van der Waals surface area contributed by atoms with Gasteiger partial charge < -0.3 is 15.2 Å². The molecule has 1 atom stereocenters. The van der Waals surface area contributed by atoms with Gasteiger partial charge >= 0.3 is 0 Å². The normalized spacial score (nSPS) is 12.9. The minimum Gasteiger partial charge on any atom is -0.494 e. The molecule has 0 aliphatic rings.